The molecule has 1 fully saturated rings. The Balaban J connectivity index is 1.96. The van der Waals surface area contributed by atoms with E-state index in [2.05, 4.69) is 0 Å². The lowest BCUT2D eigenvalue weighted by Gasteiger charge is -2.23. The van der Waals surface area contributed by atoms with Gasteiger partial charge in [-0.15, -0.1) is 0 Å². The summed E-state index contributed by atoms with van der Waals surface area (Å²) in [6.07, 6.45) is 5.01. The third-order valence-electron chi connectivity index (χ3n) is 3.66. The molecule has 0 aromatic heterocycles. The van der Waals surface area contributed by atoms with Crippen LogP contribution < -0.4 is 5.73 Å². The fraction of sp³-hybridized carbons (Fsp3) is 0.600. The first-order valence-corrected chi connectivity index (χ1v) is 6.79. The summed E-state index contributed by atoms with van der Waals surface area (Å²) in [5.41, 5.74) is 6.94. The minimum absolute atomic E-state index is 0.0862. The van der Waals surface area contributed by atoms with Gasteiger partial charge in [-0.3, -0.25) is 0 Å². The average molecular weight is 251 g/mol. The second-order valence-electron chi connectivity index (χ2n) is 5.32. The summed E-state index contributed by atoms with van der Waals surface area (Å²) in [7, 11) is 0. The lowest BCUT2D eigenvalue weighted by molar-refractivity contribution is 0.0168. The summed E-state index contributed by atoms with van der Waals surface area (Å²) < 4.78 is 18.9. The maximum atomic E-state index is 12.9. The quantitative estimate of drug-likeness (QED) is 0.870. The normalized spacial score (nSPS) is 19.9. The summed E-state index contributed by atoms with van der Waals surface area (Å²) in [6.45, 7) is 2.70. The number of nitrogens with two attached hydrogens (primary N) is 1. The molecule has 1 aromatic carbocycles. The van der Waals surface area contributed by atoms with Crippen molar-refractivity contribution in [2.75, 3.05) is 6.61 Å². The van der Waals surface area contributed by atoms with Crippen LogP contribution in [0.25, 0.3) is 0 Å². The summed E-state index contributed by atoms with van der Waals surface area (Å²) >= 11 is 0. The van der Waals surface area contributed by atoms with Gasteiger partial charge < -0.3 is 10.5 Å². The minimum Gasteiger partial charge on any atom is -0.372 e. The Kier molecular flexibility index (Phi) is 4.72. The van der Waals surface area contributed by atoms with E-state index in [1.165, 1.54) is 37.8 Å². The maximum Gasteiger partial charge on any atom is 0.123 e. The molecule has 1 aliphatic carbocycles. The van der Waals surface area contributed by atoms with E-state index in [9.17, 15) is 4.39 Å². The second kappa shape index (κ2) is 6.30. The molecule has 100 valence electrons. The molecule has 1 aromatic rings. The Morgan fingerprint density at radius 1 is 1.28 bits per heavy atom. The lowest BCUT2D eigenvalue weighted by Crippen LogP contribution is -2.28. The van der Waals surface area contributed by atoms with Crippen LogP contribution in [0.3, 0.4) is 0 Å². The molecule has 0 amide bonds. The largest absolute Gasteiger partial charge is 0.372 e. The minimum atomic E-state index is -0.224. The van der Waals surface area contributed by atoms with Crippen LogP contribution in [0, 0.1) is 11.7 Å². The van der Waals surface area contributed by atoms with Gasteiger partial charge in [0.15, 0.2) is 0 Å². The van der Waals surface area contributed by atoms with Crippen molar-refractivity contribution in [3.63, 3.8) is 0 Å². The molecular weight excluding hydrogens is 229 g/mol. The lowest BCUT2D eigenvalue weighted by atomic mass is 10.0. The zero-order valence-electron chi connectivity index (χ0n) is 10.9. The monoisotopic (exact) mass is 251 g/mol. The van der Waals surface area contributed by atoms with Crippen LogP contribution in [-0.2, 0) is 4.74 Å². The van der Waals surface area contributed by atoms with E-state index in [4.69, 9.17) is 10.5 Å². The molecule has 2 atom stereocenters. The fourth-order valence-corrected chi connectivity index (χ4v) is 2.62. The van der Waals surface area contributed by atoms with Gasteiger partial charge in [-0.2, -0.15) is 0 Å². The second-order valence-corrected chi connectivity index (χ2v) is 5.32. The molecule has 2 N–H and O–H groups in total. The van der Waals surface area contributed by atoms with Crippen molar-refractivity contribution in [3.8, 4) is 0 Å². The average Bonchev–Trinajstić information content (AvgIpc) is 2.84. The van der Waals surface area contributed by atoms with Crippen molar-refractivity contribution in [1.29, 1.82) is 0 Å². The van der Waals surface area contributed by atoms with Crippen LogP contribution in [0.5, 0.6) is 0 Å². The van der Waals surface area contributed by atoms with Crippen LogP contribution in [0.2, 0.25) is 0 Å². The van der Waals surface area contributed by atoms with E-state index in [1.807, 2.05) is 6.92 Å². The molecule has 2 rings (SSSR count). The van der Waals surface area contributed by atoms with E-state index in [1.54, 1.807) is 12.1 Å². The molecule has 0 saturated heterocycles. The van der Waals surface area contributed by atoms with E-state index in [0.29, 0.717) is 5.92 Å². The van der Waals surface area contributed by atoms with Gasteiger partial charge in [0.2, 0.25) is 0 Å². The van der Waals surface area contributed by atoms with Crippen LogP contribution in [-0.4, -0.2) is 12.6 Å². The highest BCUT2D eigenvalue weighted by molar-refractivity contribution is 5.19. The van der Waals surface area contributed by atoms with Crippen molar-refractivity contribution in [3.05, 3.63) is 35.6 Å². The van der Waals surface area contributed by atoms with Crippen molar-refractivity contribution in [1.82, 2.24) is 0 Å². The molecule has 0 bridgehead atoms. The summed E-state index contributed by atoms with van der Waals surface area (Å²) in [5, 5.41) is 0. The molecule has 0 aliphatic heterocycles. The zero-order valence-corrected chi connectivity index (χ0v) is 10.9. The maximum absolute atomic E-state index is 12.9. The number of hydrogen-bond acceptors (Lipinski definition) is 2. The predicted octanol–water partition coefficient (Wildman–Crippen LogP) is 3.42. The van der Waals surface area contributed by atoms with Crippen molar-refractivity contribution >= 4 is 0 Å². The molecule has 0 heterocycles. The van der Waals surface area contributed by atoms with Gasteiger partial charge in [0.25, 0.3) is 0 Å². The van der Waals surface area contributed by atoms with Gasteiger partial charge in [0, 0.05) is 6.04 Å². The number of rotatable bonds is 5. The van der Waals surface area contributed by atoms with Gasteiger partial charge >= 0.3 is 0 Å². The van der Waals surface area contributed by atoms with Gasteiger partial charge in [0.1, 0.15) is 5.82 Å². The first-order valence-electron chi connectivity index (χ1n) is 6.79. The topological polar surface area (TPSA) is 35.2 Å². The Morgan fingerprint density at radius 2 is 1.89 bits per heavy atom. The Bertz CT molecular complexity index is 357. The molecule has 0 spiro atoms. The van der Waals surface area contributed by atoms with Crippen molar-refractivity contribution in [2.45, 2.75) is 44.8 Å². The van der Waals surface area contributed by atoms with Gasteiger partial charge in [-0.1, -0.05) is 25.0 Å². The smallest absolute Gasteiger partial charge is 0.123 e. The SMILES string of the molecule is CC(N)C(OCC1CCCC1)c1ccc(F)cc1. The molecule has 1 aliphatic rings. The fourth-order valence-electron chi connectivity index (χ4n) is 2.62. The highest BCUT2D eigenvalue weighted by Gasteiger charge is 2.21. The van der Waals surface area contributed by atoms with Gasteiger partial charge in [-0.05, 0) is 43.4 Å². The molecular formula is C15H22FNO. The molecule has 18 heavy (non-hydrogen) atoms. The Morgan fingerprint density at radius 3 is 2.44 bits per heavy atom. The third-order valence-corrected chi connectivity index (χ3v) is 3.66. The van der Waals surface area contributed by atoms with E-state index < -0.39 is 0 Å². The van der Waals surface area contributed by atoms with Crippen molar-refractivity contribution < 1.29 is 9.13 Å². The molecule has 0 radical (unpaired) electrons. The van der Waals surface area contributed by atoms with Crippen molar-refractivity contribution in [2.24, 2.45) is 11.7 Å². The number of ether oxygens (including phenoxy) is 1. The van der Waals surface area contributed by atoms with Crippen LogP contribution in [0.4, 0.5) is 4.39 Å². The summed E-state index contributed by atoms with van der Waals surface area (Å²) in [5.74, 6) is 0.449. The van der Waals surface area contributed by atoms with Crippen LogP contribution in [0.15, 0.2) is 24.3 Å². The standard InChI is InChI=1S/C15H22FNO/c1-11(17)15(13-6-8-14(16)9-7-13)18-10-12-4-2-3-5-12/h6-9,11-12,15H,2-5,10,17H2,1H3. The Hall–Kier alpha value is -0.930. The number of benzene rings is 1. The van der Waals surface area contributed by atoms with E-state index >= 15 is 0 Å². The number of halogens is 1. The predicted molar refractivity (Wildman–Crippen MR) is 70.7 cm³/mol. The van der Waals surface area contributed by atoms with Crippen LogP contribution >= 0.6 is 0 Å². The Labute approximate surface area is 108 Å². The van der Waals surface area contributed by atoms with Gasteiger partial charge in [-0.25, -0.2) is 4.39 Å². The van der Waals surface area contributed by atoms with E-state index in [0.717, 1.165) is 12.2 Å². The first-order chi connectivity index (χ1) is 8.66. The molecule has 2 unspecified atom stereocenters. The summed E-state index contributed by atoms with van der Waals surface area (Å²) in [4.78, 5) is 0. The third kappa shape index (κ3) is 3.53. The summed E-state index contributed by atoms with van der Waals surface area (Å²) in [6, 6.07) is 6.36. The van der Waals surface area contributed by atoms with Gasteiger partial charge in [0.05, 0.1) is 12.7 Å². The molecule has 3 heteroatoms. The highest BCUT2D eigenvalue weighted by Crippen LogP contribution is 2.28. The number of hydrogen-bond donors (Lipinski definition) is 1. The molecule has 2 nitrogen and oxygen atoms in total. The van der Waals surface area contributed by atoms with E-state index in [-0.39, 0.29) is 18.0 Å². The highest BCUT2D eigenvalue weighted by atomic mass is 19.1. The first kappa shape index (κ1) is 13.5. The van der Waals surface area contributed by atoms with Crippen LogP contribution in [0.1, 0.15) is 44.3 Å². The molecule has 1 saturated carbocycles. The zero-order chi connectivity index (χ0) is 13.0.